The van der Waals surface area contributed by atoms with Crippen LogP contribution in [0.5, 0.6) is 0 Å². The molecule has 0 amide bonds. The van der Waals surface area contributed by atoms with Crippen molar-refractivity contribution >= 4 is 12.3 Å². The van der Waals surface area contributed by atoms with Gasteiger partial charge in [0.05, 0.1) is 12.2 Å². The summed E-state index contributed by atoms with van der Waals surface area (Å²) in [4.78, 5) is 23.1. The molecule has 6 rings (SSSR count). The van der Waals surface area contributed by atoms with Gasteiger partial charge in [0, 0.05) is 18.3 Å². The van der Waals surface area contributed by atoms with E-state index in [1.165, 1.54) is 38.0 Å². The van der Waals surface area contributed by atoms with E-state index in [-0.39, 0.29) is 47.1 Å². The average molecular weight is 401 g/mol. The number of hydrogen-bond acceptors (Lipinski definition) is 5. The standard InChI is InChI=1S/C24H32O5/c1-11(10-25)13-5-6-14-18-15(7-8-23(13,14)3)24(4)16(19-21(18)28-19)9-17(27-12(2)26)20-22(24)29-20/h9-11,13-15,17-22H,5-8H2,1-4H3/t11?,13-,14+,15+,17-,18+,19-,20+,21+,22+,23-,24-/m1/s1. The highest BCUT2D eigenvalue weighted by Crippen LogP contribution is 2.72. The number of carbonyl (C=O) groups is 2. The van der Waals surface area contributed by atoms with Crippen LogP contribution in [0.1, 0.15) is 53.4 Å². The third-order valence-electron chi connectivity index (χ3n) is 9.95. The van der Waals surface area contributed by atoms with Gasteiger partial charge in [0.15, 0.2) is 0 Å². The summed E-state index contributed by atoms with van der Waals surface area (Å²) in [7, 11) is 0. The minimum absolute atomic E-state index is 0.00308. The fourth-order valence-electron chi connectivity index (χ4n) is 8.61. The second-order valence-corrected chi connectivity index (χ2v) is 11.0. The van der Waals surface area contributed by atoms with Gasteiger partial charge in [-0.1, -0.05) is 20.8 Å². The average Bonchev–Trinajstić information content (AvgIpc) is 3.57. The summed E-state index contributed by atoms with van der Waals surface area (Å²) in [5.74, 6) is 2.13. The molecule has 2 aliphatic heterocycles. The molecule has 6 aliphatic rings. The molecule has 0 bridgehead atoms. The first-order valence-electron chi connectivity index (χ1n) is 11.5. The van der Waals surface area contributed by atoms with Crippen molar-refractivity contribution in [3.8, 4) is 0 Å². The molecular formula is C24H32O5. The zero-order valence-corrected chi connectivity index (χ0v) is 17.8. The van der Waals surface area contributed by atoms with Crippen LogP contribution in [0.2, 0.25) is 0 Å². The predicted molar refractivity (Wildman–Crippen MR) is 105 cm³/mol. The molecule has 5 nitrogen and oxygen atoms in total. The van der Waals surface area contributed by atoms with Gasteiger partial charge in [0.2, 0.25) is 0 Å². The molecule has 0 spiro atoms. The maximum absolute atomic E-state index is 11.6. The van der Waals surface area contributed by atoms with E-state index >= 15 is 0 Å². The molecule has 3 saturated carbocycles. The van der Waals surface area contributed by atoms with Crippen LogP contribution in [0.3, 0.4) is 0 Å². The van der Waals surface area contributed by atoms with Crippen LogP contribution in [0, 0.1) is 40.4 Å². The first-order valence-corrected chi connectivity index (χ1v) is 11.5. The number of aldehydes is 1. The minimum Gasteiger partial charge on any atom is -0.455 e. The second kappa shape index (κ2) is 5.73. The van der Waals surface area contributed by atoms with Gasteiger partial charge >= 0.3 is 5.97 Å². The Hall–Kier alpha value is -1.20. The van der Waals surface area contributed by atoms with E-state index in [0.717, 1.165) is 6.42 Å². The molecule has 0 aromatic heterocycles. The van der Waals surface area contributed by atoms with E-state index in [0.29, 0.717) is 29.8 Å². The number of esters is 1. The minimum atomic E-state index is -0.264. The maximum atomic E-state index is 11.6. The quantitative estimate of drug-likeness (QED) is 0.315. The molecule has 0 N–H and O–H groups in total. The normalized spacial score (nSPS) is 57.1. The molecular weight excluding hydrogens is 368 g/mol. The number of carbonyl (C=O) groups excluding carboxylic acids is 2. The van der Waals surface area contributed by atoms with Crippen LogP contribution in [0.25, 0.3) is 0 Å². The summed E-state index contributed by atoms with van der Waals surface area (Å²) in [5, 5.41) is 0. The zero-order valence-electron chi connectivity index (χ0n) is 17.8. The monoisotopic (exact) mass is 400 g/mol. The second-order valence-electron chi connectivity index (χ2n) is 11.0. The van der Waals surface area contributed by atoms with Crippen molar-refractivity contribution in [1.82, 2.24) is 0 Å². The molecule has 29 heavy (non-hydrogen) atoms. The van der Waals surface area contributed by atoms with Gasteiger partial charge in [-0.15, -0.1) is 0 Å². The number of rotatable bonds is 3. The van der Waals surface area contributed by atoms with Gasteiger partial charge in [-0.3, -0.25) is 4.79 Å². The Morgan fingerprint density at radius 2 is 2.00 bits per heavy atom. The fraction of sp³-hybridized carbons (Fsp3) is 0.833. The lowest BCUT2D eigenvalue weighted by molar-refractivity contribution is -0.145. The number of ether oxygens (including phenoxy) is 3. The number of fused-ring (bicyclic) bond motifs is 10. The Morgan fingerprint density at radius 1 is 1.21 bits per heavy atom. The molecule has 5 heteroatoms. The first kappa shape index (κ1) is 18.6. The lowest BCUT2D eigenvalue weighted by Gasteiger charge is -2.56. The third kappa shape index (κ3) is 2.24. The largest absolute Gasteiger partial charge is 0.455 e. The Bertz CT molecular complexity index is 805. The van der Waals surface area contributed by atoms with Crippen molar-refractivity contribution in [2.75, 3.05) is 0 Å². The van der Waals surface area contributed by atoms with Crippen LogP contribution < -0.4 is 0 Å². The van der Waals surface area contributed by atoms with E-state index in [9.17, 15) is 9.59 Å². The fourth-order valence-corrected chi connectivity index (χ4v) is 8.61. The topological polar surface area (TPSA) is 68.4 Å². The van der Waals surface area contributed by atoms with Crippen molar-refractivity contribution in [3.63, 3.8) is 0 Å². The van der Waals surface area contributed by atoms with E-state index in [2.05, 4.69) is 26.8 Å². The van der Waals surface area contributed by atoms with E-state index in [1.807, 2.05) is 0 Å². The van der Waals surface area contributed by atoms with Crippen molar-refractivity contribution in [1.29, 1.82) is 0 Å². The van der Waals surface area contributed by atoms with Crippen LogP contribution in [-0.4, -0.2) is 42.8 Å². The predicted octanol–water partition coefficient (Wildman–Crippen LogP) is 3.31. The molecule has 1 unspecified atom stereocenters. The van der Waals surface area contributed by atoms with Crippen molar-refractivity contribution in [2.24, 2.45) is 40.4 Å². The van der Waals surface area contributed by atoms with Gasteiger partial charge < -0.3 is 19.0 Å². The molecule has 2 saturated heterocycles. The Morgan fingerprint density at radius 3 is 2.72 bits per heavy atom. The highest BCUT2D eigenvalue weighted by molar-refractivity contribution is 5.66. The zero-order chi connectivity index (χ0) is 20.3. The molecule has 158 valence electrons. The van der Waals surface area contributed by atoms with Crippen LogP contribution in [-0.2, 0) is 23.8 Å². The van der Waals surface area contributed by atoms with Crippen LogP contribution in [0.15, 0.2) is 11.6 Å². The summed E-state index contributed by atoms with van der Waals surface area (Å²) in [6.07, 6.45) is 8.41. The van der Waals surface area contributed by atoms with E-state index in [4.69, 9.17) is 14.2 Å². The van der Waals surface area contributed by atoms with E-state index in [1.54, 1.807) is 0 Å². The lowest BCUT2D eigenvalue weighted by Crippen LogP contribution is -2.56. The molecule has 4 aliphatic carbocycles. The van der Waals surface area contributed by atoms with Crippen molar-refractivity contribution < 1.29 is 23.8 Å². The smallest absolute Gasteiger partial charge is 0.303 e. The summed E-state index contributed by atoms with van der Waals surface area (Å²) in [6.45, 7) is 8.41. The Kier molecular flexibility index (Phi) is 3.67. The SMILES string of the molecule is CC(=O)O[C@@H]1C=C2[C@H]3O[C@H]3[C@H]3[C@@H]4CC[C@H](C(C)C=O)[C@@]4(C)CC[C@@H]3[C@@]2(C)[C@H]2O[C@@H]12. The lowest BCUT2D eigenvalue weighted by atomic mass is 9.46. The maximum Gasteiger partial charge on any atom is 0.303 e. The highest BCUT2D eigenvalue weighted by atomic mass is 16.6. The summed E-state index contributed by atoms with van der Waals surface area (Å²) < 4.78 is 18.1. The first-order chi connectivity index (χ1) is 13.8. The van der Waals surface area contributed by atoms with Gasteiger partial charge in [0.1, 0.15) is 24.6 Å². The summed E-state index contributed by atoms with van der Waals surface area (Å²) in [5.41, 5.74) is 1.56. The van der Waals surface area contributed by atoms with Gasteiger partial charge in [-0.2, -0.15) is 0 Å². The van der Waals surface area contributed by atoms with Crippen molar-refractivity contribution in [2.45, 2.75) is 83.9 Å². The Labute approximate surface area is 172 Å². The third-order valence-corrected chi connectivity index (χ3v) is 9.95. The van der Waals surface area contributed by atoms with E-state index < -0.39 is 0 Å². The van der Waals surface area contributed by atoms with Crippen molar-refractivity contribution in [3.05, 3.63) is 11.6 Å². The van der Waals surface area contributed by atoms with Crippen LogP contribution in [0.4, 0.5) is 0 Å². The molecule has 0 aromatic rings. The van der Waals surface area contributed by atoms with Gasteiger partial charge in [-0.25, -0.2) is 0 Å². The molecule has 0 aromatic carbocycles. The molecule has 0 radical (unpaired) electrons. The number of hydrogen-bond donors (Lipinski definition) is 0. The van der Waals surface area contributed by atoms with Crippen LogP contribution >= 0.6 is 0 Å². The molecule has 2 heterocycles. The highest BCUT2D eigenvalue weighted by Gasteiger charge is 2.75. The summed E-state index contributed by atoms with van der Waals surface area (Å²) >= 11 is 0. The molecule has 5 fully saturated rings. The molecule has 12 atom stereocenters. The Balaban J connectivity index is 1.36. The van der Waals surface area contributed by atoms with Gasteiger partial charge in [-0.05, 0) is 66.4 Å². The number of epoxide rings is 2. The summed E-state index contributed by atoms with van der Waals surface area (Å²) in [6, 6.07) is 0. The van der Waals surface area contributed by atoms with Gasteiger partial charge in [0.25, 0.3) is 0 Å².